The molecule has 1 fully saturated rings. The lowest BCUT2D eigenvalue weighted by molar-refractivity contribution is -0.123. The van der Waals surface area contributed by atoms with Crippen molar-refractivity contribution in [2.45, 2.75) is 13.0 Å². The van der Waals surface area contributed by atoms with Gasteiger partial charge in [-0.1, -0.05) is 29.8 Å². The number of nitrogens with zero attached hydrogens (tertiary/aromatic N) is 2. The number of piperazine rings is 1. The fourth-order valence-electron chi connectivity index (χ4n) is 3.16. The van der Waals surface area contributed by atoms with Crippen LogP contribution in [-0.4, -0.2) is 43.5 Å². The third kappa shape index (κ3) is 4.96. The van der Waals surface area contributed by atoms with Gasteiger partial charge in [0, 0.05) is 36.9 Å². The number of hydrogen-bond acceptors (Lipinski definition) is 3. The molecule has 138 valence electrons. The molecule has 1 aliphatic rings. The van der Waals surface area contributed by atoms with Gasteiger partial charge in [-0.25, -0.2) is 4.39 Å². The second-order valence-corrected chi connectivity index (χ2v) is 7.02. The van der Waals surface area contributed by atoms with Crippen LogP contribution in [0.15, 0.2) is 48.5 Å². The zero-order valence-electron chi connectivity index (χ0n) is 14.8. The lowest BCUT2D eigenvalue weighted by atomic mass is 10.1. The first-order valence-electron chi connectivity index (χ1n) is 8.79. The highest BCUT2D eigenvalue weighted by Crippen LogP contribution is 2.20. The van der Waals surface area contributed by atoms with Crippen molar-refractivity contribution in [1.29, 1.82) is 0 Å². The maximum Gasteiger partial charge on any atom is 0.234 e. The lowest BCUT2D eigenvalue weighted by Gasteiger charge is -2.36. The summed E-state index contributed by atoms with van der Waals surface area (Å²) in [6.07, 6.45) is 0. The molecule has 1 unspecified atom stereocenters. The SMILES string of the molecule is CC(NC(=O)CN1CCN(c2cccc(Cl)c2)CC1)c1ccc(F)cc1. The molecule has 0 aliphatic carbocycles. The molecule has 0 spiro atoms. The Hall–Kier alpha value is -2.11. The van der Waals surface area contributed by atoms with E-state index in [4.69, 9.17) is 11.6 Å². The van der Waals surface area contributed by atoms with E-state index in [-0.39, 0.29) is 17.8 Å². The van der Waals surface area contributed by atoms with Gasteiger partial charge in [-0.2, -0.15) is 0 Å². The standard InChI is InChI=1S/C20H23ClFN3O/c1-15(16-5-7-18(22)8-6-16)23-20(26)14-24-9-11-25(12-10-24)19-4-2-3-17(21)13-19/h2-8,13,15H,9-12,14H2,1H3,(H,23,26). The number of rotatable bonds is 5. The third-order valence-corrected chi connectivity index (χ3v) is 4.90. The van der Waals surface area contributed by atoms with Gasteiger partial charge in [0.15, 0.2) is 0 Å². The van der Waals surface area contributed by atoms with E-state index in [0.717, 1.165) is 42.5 Å². The molecule has 3 rings (SSSR count). The number of halogens is 2. The Morgan fingerprint density at radius 3 is 2.50 bits per heavy atom. The van der Waals surface area contributed by atoms with E-state index in [9.17, 15) is 9.18 Å². The smallest absolute Gasteiger partial charge is 0.234 e. The molecule has 4 nitrogen and oxygen atoms in total. The topological polar surface area (TPSA) is 35.6 Å². The van der Waals surface area contributed by atoms with Gasteiger partial charge in [-0.3, -0.25) is 9.69 Å². The maximum atomic E-state index is 13.0. The normalized spacial score (nSPS) is 16.3. The predicted molar refractivity (Wildman–Crippen MR) is 103 cm³/mol. The van der Waals surface area contributed by atoms with E-state index in [2.05, 4.69) is 21.2 Å². The summed E-state index contributed by atoms with van der Waals surface area (Å²) in [5.41, 5.74) is 2.01. The maximum absolute atomic E-state index is 13.0. The van der Waals surface area contributed by atoms with Crippen molar-refractivity contribution in [2.75, 3.05) is 37.6 Å². The molecule has 6 heteroatoms. The molecule has 2 aromatic carbocycles. The number of amides is 1. The summed E-state index contributed by atoms with van der Waals surface area (Å²) in [7, 11) is 0. The van der Waals surface area contributed by atoms with Crippen molar-refractivity contribution in [3.8, 4) is 0 Å². The van der Waals surface area contributed by atoms with Crippen LogP contribution in [0, 0.1) is 5.82 Å². The number of nitrogens with one attached hydrogen (secondary N) is 1. The Morgan fingerprint density at radius 2 is 1.85 bits per heavy atom. The molecule has 1 atom stereocenters. The van der Waals surface area contributed by atoms with Crippen LogP contribution in [0.5, 0.6) is 0 Å². The van der Waals surface area contributed by atoms with E-state index in [1.165, 1.54) is 12.1 Å². The van der Waals surface area contributed by atoms with Gasteiger partial charge in [0.25, 0.3) is 0 Å². The van der Waals surface area contributed by atoms with Crippen LogP contribution in [0.2, 0.25) is 5.02 Å². The first kappa shape index (κ1) is 18.7. The van der Waals surface area contributed by atoms with Crippen molar-refractivity contribution in [3.05, 3.63) is 64.9 Å². The molecule has 0 bridgehead atoms. The fourth-order valence-corrected chi connectivity index (χ4v) is 3.35. The average molecular weight is 376 g/mol. The molecule has 1 N–H and O–H groups in total. The molecule has 0 aromatic heterocycles. The molecule has 0 radical (unpaired) electrons. The van der Waals surface area contributed by atoms with Gasteiger partial charge in [-0.05, 0) is 42.8 Å². The second-order valence-electron chi connectivity index (χ2n) is 6.58. The van der Waals surface area contributed by atoms with Crippen molar-refractivity contribution in [2.24, 2.45) is 0 Å². The predicted octanol–water partition coefficient (Wildman–Crippen LogP) is 3.48. The Labute approximate surface area is 158 Å². The largest absolute Gasteiger partial charge is 0.369 e. The molecule has 0 saturated carbocycles. The zero-order chi connectivity index (χ0) is 18.5. The lowest BCUT2D eigenvalue weighted by Crippen LogP contribution is -2.49. The quantitative estimate of drug-likeness (QED) is 0.869. The Balaban J connectivity index is 1.46. The second kappa shape index (κ2) is 8.52. The number of anilines is 1. The van der Waals surface area contributed by atoms with E-state index in [1.54, 1.807) is 12.1 Å². The van der Waals surface area contributed by atoms with Crippen LogP contribution in [0.1, 0.15) is 18.5 Å². The Bertz CT molecular complexity index is 745. The molecule has 1 saturated heterocycles. The summed E-state index contributed by atoms with van der Waals surface area (Å²) in [6, 6.07) is 13.9. The van der Waals surface area contributed by atoms with Crippen LogP contribution in [0.25, 0.3) is 0 Å². The highest BCUT2D eigenvalue weighted by atomic mass is 35.5. The van der Waals surface area contributed by atoms with Crippen molar-refractivity contribution in [3.63, 3.8) is 0 Å². The minimum absolute atomic E-state index is 0.0157. The molecule has 1 heterocycles. The monoisotopic (exact) mass is 375 g/mol. The number of hydrogen-bond donors (Lipinski definition) is 1. The number of benzene rings is 2. The highest BCUT2D eigenvalue weighted by Gasteiger charge is 2.20. The Morgan fingerprint density at radius 1 is 1.15 bits per heavy atom. The third-order valence-electron chi connectivity index (χ3n) is 4.66. The van der Waals surface area contributed by atoms with Crippen LogP contribution < -0.4 is 10.2 Å². The van der Waals surface area contributed by atoms with Crippen molar-refractivity contribution in [1.82, 2.24) is 10.2 Å². The van der Waals surface area contributed by atoms with Crippen LogP contribution >= 0.6 is 11.6 Å². The van der Waals surface area contributed by atoms with Gasteiger partial charge in [0.05, 0.1) is 12.6 Å². The summed E-state index contributed by atoms with van der Waals surface area (Å²) in [4.78, 5) is 16.7. The minimum Gasteiger partial charge on any atom is -0.369 e. The minimum atomic E-state index is -0.273. The number of carbonyl (C=O) groups excluding carboxylic acids is 1. The summed E-state index contributed by atoms with van der Waals surface area (Å²) >= 11 is 6.06. The molecule has 1 aliphatic heterocycles. The zero-order valence-corrected chi connectivity index (χ0v) is 15.5. The molecule has 2 aromatic rings. The molecular formula is C20H23ClFN3O. The van der Waals surface area contributed by atoms with Gasteiger partial charge in [0.1, 0.15) is 5.82 Å². The fraction of sp³-hybridized carbons (Fsp3) is 0.350. The van der Waals surface area contributed by atoms with Gasteiger partial charge < -0.3 is 10.2 Å². The molecule has 26 heavy (non-hydrogen) atoms. The average Bonchev–Trinajstić information content (AvgIpc) is 2.62. The van der Waals surface area contributed by atoms with Gasteiger partial charge in [-0.15, -0.1) is 0 Å². The summed E-state index contributed by atoms with van der Waals surface area (Å²) in [6.45, 7) is 5.65. The molecule has 1 amide bonds. The van der Waals surface area contributed by atoms with E-state index < -0.39 is 0 Å². The summed E-state index contributed by atoms with van der Waals surface area (Å²) in [5, 5.41) is 3.71. The summed E-state index contributed by atoms with van der Waals surface area (Å²) < 4.78 is 13.0. The van der Waals surface area contributed by atoms with E-state index in [0.29, 0.717) is 6.54 Å². The number of carbonyl (C=O) groups is 1. The van der Waals surface area contributed by atoms with Gasteiger partial charge >= 0.3 is 0 Å². The van der Waals surface area contributed by atoms with Crippen molar-refractivity contribution < 1.29 is 9.18 Å². The Kier molecular flexibility index (Phi) is 6.12. The van der Waals surface area contributed by atoms with E-state index >= 15 is 0 Å². The first-order valence-corrected chi connectivity index (χ1v) is 9.17. The highest BCUT2D eigenvalue weighted by molar-refractivity contribution is 6.30. The van der Waals surface area contributed by atoms with E-state index in [1.807, 2.05) is 25.1 Å². The molecular weight excluding hydrogens is 353 g/mol. The van der Waals surface area contributed by atoms with Crippen LogP contribution in [-0.2, 0) is 4.79 Å². The van der Waals surface area contributed by atoms with Gasteiger partial charge in [0.2, 0.25) is 5.91 Å². The van der Waals surface area contributed by atoms with Crippen LogP contribution in [0.3, 0.4) is 0 Å². The van der Waals surface area contributed by atoms with Crippen LogP contribution in [0.4, 0.5) is 10.1 Å². The first-order chi connectivity index (χ1) is 12.5. The summed E-state index contributed by atoms with van der Waals surface area (Å²) in [5.74, 6) is -0.289. The van der Waals surface area contributed by atoms with Crippen molar-refractivity contribution >= 4 is 23.2 Å².